The number of hydrogen-bond acceptors (Lipinski definition) is 3. The lowest BCUT2D eigenvalue weighted by atomic mass is 10.2. The summed E-state index contributed by atoms with van der Waals surface area (Å²) in [5, 5.41) is 0.270. The topological polar surface area (TPSA) is 44.5 Å². The SMILES string of the molecule is NCc1cccc(OCCCOc2ccc(F)cc2Cl)c1. The normalized spacial score (nSPS) is 10.4. The van der Waals surface area contributed by atoms with Crippen LogP contribution >= 0.6 is 11.6 Å². The average Bonchev–Trinajstić information content (AvgIpc) is 2.49. The third-order valence-corrected chi connectivity index (χ3v) is 3.14. The summed E-state index contributed by atoms with van der Waals surface area (Å²) < 4.78 is 24.0. The lowest BCUT2D eigenvalue weighted by Crippen LogP contribution is -2.05. The minimum absolute atomic E-state index is 0.270. The van der Waals surface area contributed by atoms with E-state index in [-0.39, 0.29) is 10.8 Å². The molecule has 0 saturated heterocycles. The van der Waals surface area contributed by atoms with Crippen molar-refractivity contribution in [2.45, 2.75) is 13.0 Å². The molecule has 0 bridgehead atoms. The summed E-state index contributed by atoms with van der Waals surface area (Å²) in [6, 6.07) is 11.7. The zero-order valence-electron chi connectivity index (χ0n) is 11.5. The molecular formula is C16H17ClFNO2. The van der Waals surface area contributed by atoms with Crippen LogP contribution in [0.5, 0.6) is 11.5 Å². The zero-order chi connectivity index (χ0) is 15.1. The van der Waals surface area contributed by atoms with Crippen LogP contribution in [-0.2, 0) is 6.54 Å². The van der Waals surface area contributed by atoms with Gasteiger partial charge in [-0.25, -0.2) is 4.39 Å². The zero-order valence-corrected chi connectivity index (χ0v) is 12.3. The Morgan fingerprint density at radius 1 is 1.05 bits per heavy atom. The van der Waals surface area contributed by atoms with Crippen molar-refractivity contribution in [1.29, 1.82) is 0 Å². The first-order chi connectivity index (χ1) is 10.2. The van der Waals surface area contributed by atoms with E-state index in [1.165, 1.54) is 18.2 Å². The van der Waals surface area contributed by atoms with Crippen LogP contribution in [0.25, 0.3) is 0 Å². The minimum Gasteiger partial charge on any atom is -0.493 e. The van der Waals surface area contributed by atoms with E-state index in [1.807, 2.05) is 24.3 Å². The Morgan fingerprint density at radius 2 is 1.86 bits per heavy atom. The summed E-state index contributed by atoms with van der Waals surface area (Å²) >= 11 is 5.86. The molecular weight excluding hydrogens is 293 g/mol. The van der Waals surface area contributed by atoms with Crippen LogP contribution in [0.15, 0.2) is 42.5 Å². The molecule has 0 aliphatic rings. The van der Waals surface area contributed by atoms with E-state index in [0.29, 0.717) is 31.9 Å². The Morgan fingerprint density at radius 3 is 2.62 bits per heavy atom. The Kier molecular flexibility index (Phi) is 5.84. The van der Waals surface area contributed by atoms with E-state index < -0.39 is 0 Å². The molecule has 0 fully saturated rings. The Hall–Kier alpha value is -1.78. The number of ether oxygens (including phenoxy) is 2. The maximum atomic E-state index is 12.9. The molecule has 0 aromatic heterocycles. The summed E-state index contributed by atoms with van der Waals surface area (Å²) in [4.78, 5) is 0. The summed E-state index contributed by atoms with van der Waals surface area (Å²) in [5.41, 5.74) is 6.60. The first-order valence-electron chi connectivity index (χ1n) is 6.68. The van der Waals surface area contributed by atoms with Gasteiger partial charge in [0.25, 0.3) is 0 Å². The highest BCUT2D eigenvalue weighted by Gasteiger charge is 2.03. The van der Waals surface area contributed by atoms with E-state index >= 15 is 0 Å². The summed E-state index contributed by atoms with van der Waals surface area (Å²) in [5.74, 6) is 0.886. The quantitative estimate of drug-likeness (QED) is 0.792. The highest BCUT2D eigenvalue weighted by Crippen LogP contribution is 2.24. The molecule has 2 aromatic rings. The maximum absolute atomic E-state index is 12.9. The molecule has 112 valence electrons. The van der Waals surface area contributed by atoms with E-state index in [2.05, 4.69) is 0 Å². The molecule has 3 nitrogen and oxygen atoms in total. The number of halogens is 2. The van der Waals surface area contributed by atoms with Crippen molar-refractivity contribution in [2.75, 3.05) is 13.2 Å². The molecule has 0 aliphatic carbocycles. The second-order valence-corrected chi connectivity index (χ2v) is 4.88. The van der Waals surface area contributed by atoms with Gasteiger partial charge in [-0.2, -0.15) is 0 Å². The van der Waals surface area contributed by atoms with Gasteiger partial charge in [-0.15, -0.1) is 0 Å². The molecule has 0 heterocycles. The fourth-order valence-corrected chi connectivity index (χ4v) is 2.01. The molecule has 0 unspecified atom stereocenters. The molecule has 5 heteroatoms. The van der Waals surface area contributed by atoms with Gasteiger partial charge in [0.2, 0.25) is 0 Å². The second kappa shape index (κ2) is 7.86. The molecule has 0 spiro atoms. The van der Waals surface area contributed by atoms with Crippen molar-refractivity contribution in [1.82, 2.24) is 0 Å². The van der Waals surface area contributed by atoms with Crippen LogP contribution in [0.2, 0.25) is 5.02 Å². The van der Waals surface area contributed by atoms with E-state index in [9.17, 15) is 4.39 Å². The van der Waals surface area contributed by atoms with Gasteiger partial charge >= 0.3 is 0 Å². The Bertz CT molecular complexity index is 592. The molecule has 21 heavy (non-hydrogen) atoms. The van der Waals surface area contributed by atoms with Gasteiger partial charge in [0.05, 0.1) is 18.2 Å². The standard InChI is InChI=1S/C16H17ClFNO2/c17-15-10-13(18)5-6-16(15)21-8-2-7-20-14-4-1-3-12(9-14)11-19/h1,3-6,9-10H,2,7-8,11,19H2. The minimum atomic E-state index is -0.379. The molecule has 2 aromatic carbocycles. The predicted molar refractivity (Wildman–Crippen MR) is 81.4 cm³/mol. The summed E-state index contributed by atoms with van der Waals surface area (Å²) in [6.45, 7) is 1.46. The first-order valence-corrected chi connectivity index (χ1v) is 7.06. The largest absolute Gasteiger partial charge is 0.493 e. The highest BCUT2D eigenvalue weighted by atomic mass is 35.5. The fraction of sp³-hybridized carbons (Fsp3) is 0.250. The summed E-state index contributed by atoms with van der Waals surface area (Å²) in [7, 11) is 0. The van der Waals surface area contributed by atoms with Crippen LogP contribution in [0.3, 0.4) is 0 Å². The average molecular weight is 310 g/mol. The predicted octanol–water partition coefficient (Wildman–Crippen LogP) is 3.79. The fourth-order valence-electron chi connectivity index (χ4n) is 1.79. The number of benzene rings is 2. The molecule has 0 saturated carbocycles. The van der Waals surface area contributed by atoms with Gasteiger partial charge < -0.3 is 15.2 Å². The van der Waals surface area contributed by atoms with Crippen LogP contribution < -0.4 is 15.2 Å². The van der Waals surface area contributed by atoms with Crippen molar-refractivity contribution in [3.63, 3.8) is 0 Å². The lowest BCUT2D eigenvalue weighted by Gasteiger charge is -2.09. The molecule has 0 aliphatic heterocycles. The highest BCUT2D eigenvalue weighted by molar-refractivity contribution is 6.32. The second-order valence-electron chi connectivity index (χ2n) is 4.48. The monoisotopic (exact) mass is 309 g/mol. The third kappa shape index (κ3) is 4.92. The summed E-state index contributed by atoms with van der Waals surface area (Å²) in [6.07, 6.45) is 0.695. The van der Waals surface area contributed by atoms with Crippen molar-refractivity contribution in [3.05, 3.63) is 58.9 Å². The number of hydrogen-bond donors (Lipinski definition) is 1. The van der Waals surface area contributed by atoms with Crippen molar-refractivity contribution in [2.24, 2.45) is 5.73 Å². The molecule has 0 radical (unpaired) electrons. The molecule has 2 rings (SSSR count). The Balaban J connectivity index is 1.72. The smallest absolute Gasteiger partial charge is 0.138 e. The van der Waals surface area contributed by atoms with Crippen LogP contribution in [0.4, 0.5) is 4.39 Å². The maximum Gasteiger partial charge on any atom is 0.138 e. The van der Waals surface area contributed by atoms with Gasteiger partial charge in [0.1, 0.15) is 17.3 Å². The molecule has 2 N–H and O–H groups in total. The Labute approximate surface area is 128 Å². The van der Waals surface area contributed by atoms with Gasteiger partial charge in [-0.3, -0.25) is 0 Å². The van der Waals surface area contributed by atoms with Gasteiger partial charge in [-0.05, 0) is 35.9 Å². The molecule has 0 amide bonds. The van der Waals surface area contributed by atoms with E-state index in [4.69, 9.17) is 26.8 Å². The van der Waals surface area contributed by atoms with Gasteiger partial charge in [0, 0.05) is 13.0 Å². The van der Waals surface area contributed by atoms with Crippen LogP contribution in [0.1, 0.15) is 12.0 Å². The van der Waals surface area contributed by atoms with E-state index in [1.54, 1.807) is 0 Å². The number of rotatable bonds is 7. The van der Waals surface area contributed by atoms with Crippen molar-refractivity contribution < 1.29 is 13.9 Å². The van der Waals surface area contributed by atoms with Crippen molar-refractivity contribution in [3.8, 4) is 11.5 Å². The van der Waals surface area contributed by atoms with Crippen molar-refractivity contribution >= 4 is 11.6 Å². The van der Waals surface area contributed by atoms with Crippen LogP contribution in [-0.4, -0.2) is 13.2 Å². The van der Waals surface area contributed by atoms with E-state index in [0.717, 1.165) is 11.3 Å². The third-order valence-electron chi connectivity index (χ3n) is 2.84. The molecule has 0 atom stereocenters. The number of nitrogens with two attached hydrogens (primary N) is 1. The van der Waals surface area contributed by atoms with Crippen LogP contribution in [0, 0.1) is 5.82 Å². The van der Waals surface area contributed by atoms with Gasteiger partial charge in [-0.1, -0.05) is 23.7 Å². The van der Waals surface area contributed by atoms with Gasteiger partial charge in [0.15, 0.2) is 0 Å². The lowest BCUT2D eigenvalue weighted by molar-refractivity contribution is 0.247. The first kappa shape index (κ1) is 15.6.